The molecule has 3 rings (SSSR count). The highest BCUT2D eigenvalue weighted by Crippen LogP contribution is 2.28. The van der Waals surface area contributed by atoms with Gasteiger partial charge in [-0.05, 0) is 81.8 Å². The first kappa shape index (κ1) is 27.5. The molecule has 0 aliphatic carbocycles. The molecule has 0 saturated heterocycles. The highest BCUT2D eigenvalue weighted by Gasteiger charge is 2.18. The summed E-state index contributed by atoms with van der Waals surface area (Å²) >= 11 is 0. The Bertz CT molecular complexity index is 1350. The summed E-state index contributed by atoms with van der Waals surface area (Å²) in [5.41, 5.74) is 0.526. The fourth-order valence-corrected chi connectivity index (χ4v) is 3.05. The number of rotatable bonds is 9. The molecule has 0 aliphatic heterocycles. The molecule has 38 heavy (non-hydrogen) atoms. The zero-order valence-electron chi connectivity index (χ0n) is 21.3. The fourth-order valence-electron chi connectivity index (χ4n) is 3.05. The second-order valence-electron chi connectivity index (χ2n) is 9.02. The lowest BCUT2D eigenvalue weighted by molar-refractivity contribution is 0.0527. The molecule has 0 spiro atoms. The van der Waals surface area contributed by atoms with E-state index in [4.69, 9.17) is 24.7 Å². The Morgan fingerprint density at radius 2 is 1.37 bits per heavy atom. The van der Waals surface area contributed by atoms with Gasteiger partial charge in [-0.2, -0.15) is 15.5 Å². The van der Waals surface area contributed by atoms with Gasteiger partial charge < -0.3 is 24.8 Å². The van der Waals surface area contributed by atoms with Gasteiger partial charge in [0.15, 0.2) is 0 Å². The van der Waals surface area contributed by atoms with Crippen molar-refractivity contribution in [2.24, 2.45) is 0 Å². The lowest BCUT2D eigenvalue weighted by atomic mass is 10.2. The summed E-state index contributed by atoms with van der Waals surface area (Å²) in [6.07, 6.45) is -0.0478. The van der Waals surface area contributed by atoms with E-state index in [1.807, 2.05) is 12.1 Å². The standard InChI is InChI=1S/C28H27N5O5/c1-28(2,3)38-27(35)32-16-4-15-31-25(34)23-13-14-24(36-21-9-5-19(17-29)6-10-21)33-26(23)37-22-11-7-20(18-30)8-12-22/h5-14H,4,15-16H2,1-3H3,(H,31,34)(H,32,35). The molecule has 1 heterocycles. The van der Waals surface area contributed by atoms with E-state index in [1.165, 1.54) is 12.1 Å². The number of hydrogen-bond acceptors (Lipinski definition) is 8. The van der Waals surface area contributed by atoms with Gasteiger partial charge in [0.25, 0.3) is 5.91 Å². The van der Waals surface area contributed by atoms with Gasteiger partial charge in [-0.15, -0.1) is 0 Å². The monoisotopic (exact) mass is 513 g/mol. The van der Waals surface area contributed by atoms with Crippen LogP contribution in [0.4, 0.5) is 4.79 Å². The lowest BCUT2D eigenvalue weighted by Crippen LogP contribution is -2.34. The van der Waals surface area contributed by atoms with Gasteiger partial charge in [-0.1, -0.05) is 0 Å². The number of carbonyl (C=O) groups is 2. The number of hydrogen-bond donors (Lipinski definition) is 2. The minimum absolute atomic E-state index is 0.00485. The predicted molar refractivity (Wildman–Crippen MR) is 138 cm³/mol. The first-order valence-corrected chi connectivity index (χ1v) is 11.8. The van der Waals surface area contributed by atoms with Crippen molar-refractivity contribution in [3.05, 3.63) is 77.4 Å². The third-order valence-corrected chi connectivity index (χ3v) is 4.79. The zero-order chi connectivity index (χ0) is 27.5. The molecule has 0 aliphatic rings. The molecule has 0 atom stereocenters. The molecule has 0 fully saturated rings. The van der Waals surface area contributed by atoms with E-state index in [2.05, 4.69) is 15.6 Å². The van der Waals surface area contributed by atoms with Crippen molar-refractivity contribution >= 4 is 12.0 Å². The number of alkyl carbamates (subject to hydrolysis) is 1. The first-order chi connectivity index (χ1) is 18.2. The Balaban J connectivity index is 1.69. The van der Waals surface area contributed by atoms with Crippen LogP contribution < -0.4 is 20.1 Å². The number of aromatic nitrogens is 1. The van der Waals surface area contributed by atoms with Crippen LogP contribution >= 0.6 is 0 Å². The summed E-state index contributed by atoms with van der Waals surface area (Å²) in [6, 6.07) is 20.0. The molecule has 3 aromatic rings. The number of pyridine rings is 1. The number of benzene rings is 2. The molecule has 1 aromatic heterocycles. The van der Waals surface area contributed by atoms with Gasteiger partial charge in [-0.25, -0.2) is 4.79 Å². The lowest BCUT2D eigenvalue weighted by Gasteiger charge is -2.19. The van der Waals surface area contributed by atoms with E-state index in [-0.39, 0.29) is 23.9 Å². The Morgan fingerprint density at radius 3 is 1.92 bits per heavy atom. The number of nitriles is 2. The van der Waals surface area contributed by atoms with Gasteiger partial charge in [0.05, 0.1) is 23.3 Å². The van der Waals surface area contributed by atoms with E-state index >= 15 is 0 Å². The van der Waals surface area contributed by atoms with E-state index in [0.29, 0.717) is 35.6 Å². The van der Waals surface area contributed by atoms with Gasteiger partial charge >= 0.3 is 6.09 Å². The number of nitrogens with zero attached hydrogens (tertiary/aromatic N) is 3. The molecular formula is C28H27N5O5. The molecule has 0 unspecified atom stereocenters. The SMILES string of the molecule is CC(C)(C)OC(=O)NCCCNC(=O)c1ccc(Oc2ccc(C#N)cc2)nc1Oc1ccc(C#N)cc1. The molecule has 10 nitrogen and oxygen atoms in total. The smallest absolute Gasteiger partial charge is 0.407 e. The third kappa shape index (κ3) is 8.54. The highest BCUT2D eigenvalue weighted by molar-refractivity contribution is 5.96. The van der Waals surface area contributed by atoms with Crippen LogP contribution in [0.1, 0.15) is 48.7 Å². The number of nitrogens with one attached hydrogen (secondary N) is 2. The van der Waals surface area contributed by atoms with Crippen LogP contribution in [0.3, 0.4) is 0 Å². The normalized spacial score (nSPS) is 10.4. The molecule has 2 amide bonds. The van der Waals surface area contributed by atoms with Crippen LogP contribution in [0.2, 0.25) is 0 Å². The Kier molecular flexibility index (Phi) is 9.22. The van der Waals surface area contributed by atoms with Crippen LogP contribution in [-0.2, 0) is 4.74 Å². The first-order valence-electron chi connectivity index (χ1n) is 11.8. The van der Waals surface area contributed by atoms with E-state index < -0.39 is 17.6 Å². The molecule has 194 valence electrons. The third-order valence-electron chi connectivity index (χ3n) is 4.79. The Morgan fingerprint density at radius 1 is 0.816 bits per heavy atom. The van der Waals surface area contributed by atoms with Gasteiger partial charge in [0.2, 0.25) is 11.8 Å². The van der Waals surface area contributed by atoms with Crippen LogP contribution in [0, 0.1) is 22.7 Å². The summed E-state index contributed by atoms with van der Waals surface area (Å²) in [4.78, 5) is 29.0. The summed E-state index contributed by atoms with van der Waals surface area (Å²) in [7, 11) is 0. The highest BCUT2D eigenvalue weighted by atomic mass is 16.6. The summed E-state index contributed by atoms with van der Waals surface area (Å²) in [5.74, 6) is 0.586. The van der Waals surface area contributed by atoms with Gasteiger partial charge in [0, 0.05) is 19.2 Å². The average Bonchev–Trinajstić information content (AvgIpc) is 2.88. The molecular weight excluding hydrogens is 486 g/mol. The Labute approximate surface area is 220 Å². The van der Waals surface area contributed by atoms with Gasteiger partial charge in [-0.3, -0.25) is 4.79 Å². The Hall–Kier alpha value is -5.09. The minimum Gasteiger partial charge on any atom is -0.444 e. The largest absolute Gasteiger partial charge is 0.444 e. The van der Waals surface area contributed by atoms with Crippen molar-refractivity contribution < 1.29 is 23.8 Å². The maximum Gasteiger partial charge on any atom is 0.407 e. The van der Waals surface area contributed by atoms with Crippen molar-refractivity contribution in [2.45, 2.75) is 32.8 Å². The maximum absolute atomic E-state index is 12.9. The van der Waals surface area contributed by atoms with Crippen LogP contribution in [0.15, 0.2) is 60.7 Å². The van der Waals surface area contributed by atoms with E-state index in [0.717, 1.165) is 0 Å². The molecule has 0 bridgehead atoms. The van der Waals surface area contributed by atoms with Crippen LogP contribution in [-0.4, -0.2) is 35.7 Å². The number of amides is 2. The topological polar surface area (TPSA) is 146 Å². The second-order valence-corrected chi connectivity index (χ2v) is 9.02. The molecule has 2 N–H and O–H groups in total. The quantitative estimate of drug-likeness (QED) is 0.378. The van der Waals surface area contributed by atoms with E-state index in [1.54, 1.807) is 69.3 Å². The van der Waals surface area contributed by atoms with Crippen molar-refractivity contribution in [3.8, 4) is 35.4 Å². The second kappa shape index (κ2) is 12.7. The average molecular weight is 514 g/mol. The van der Waals surface area contributed by atoms with E-state index in [9.17, 15) is 9.59 Å². The fraction of sp³-hybridized carbons (Fsp3) is 0.250. The van der Waals surface area contributed by atoms with Crippen molar-refractivity contribution in [3.63, 3.8) is 0 Å². The maximum atomic E-state index is 12.9. The molecule has 0 radical (unpaired) electrons. The van der Waals surface area contributed by atoms with Gasteiger partial charge in [0.1, 0.15) is 22.7 Å². The van der Waals surface area contributed by atoms with Crippen molar-refractivity contribution in [2.75, 3.05) is 13.1 Å². The van der Waals surface area contributed by atoms with Crippen molar-refractivity contribution in [1.82, 2.24) is 15.6 Å². The summed E-state index contributed by atoms with van der Waals surface area (Å²) < 4.78 is 16.8. The summed E-state index contributed by atoms with van der Waals surface area (Å²) in [6.45, 7) is 5.94. The number of ether oxygens (including phenoxy) is 3. The van der Waals surface area contributed by atoms with Crippen LogP contribution in [0.5, 0.6) is 23.3 Å². The van der Waals surface area contributed by atoms with Crippen molar-refractivity contribution in [1.29, 1.82) is 10.5 Å². The number of carbonyl (C=O) groups excluding carboxylic acids is 2. The molecule has 0 saturated carbocycles. The molecule has 10 heteroatoms. The molecule has 2 aromatic carbocycles. The summed E-state index contributed by atoms with van der Waals surface area (Å²) in [5, 5.41) is 23.4. The van der Waals surface area contributed by atoms with Crippen LogP contribution in [0.25, 0.3) is 0 Å². The zero-order valence-corrected chi connectivity index (χ0v) is 21.3. The predicted octanol–water partition coefficient (Wildman–Crippen LogP) is 5.05. The minimum atomic E-state index is -0.591.